The Morgan fingerprint density at radius 1 is 1.12 bits per heavy atom. The smallest absolute Gasteiger partial charge is 0.166 e. The summed E-state index contributed by atoms with van der Waals surface area (Å²) in [5.74, 6) is 1.11. The third-order valence-electron chi connectivity index (χ3n) is 3.72. The number of fused-ring (bicyclic) bond motifs is 1. The first kappa shape index (κ1) is 14.1. The molecule has 3 N–H and O–H groups in total. The summed E-state index contributed by atoms with van der Waals surface area (Å²) in [5, 5.41) is 4.32. The number of hydrogen-bond acceptors (Lipinski definition) is 6. The summed E-state index contributed by atoms with van der Waals surface area (Å²) in [4.78, 5) is 17.1. The molecule has 7 heteroatoms. The lowest BCUT2D eigenvalue weighted by Gasteiger charge is -2.13. The maximum Gasteiger partial charge on any atom is 0.166 e. The van der Waals surface area contributed by atoms with Crippen LogP contribution in [0.2, 0.25) is 0 Å². The Morgan fingerprint density at radius 2 is 2.04 bits per heavy atom. The highest BCUT2D eigenvalue weighted by Gasteiger charge is 2.11. The van der Waals surface area contributed by atoms with Gasteiger partial charge in [-0.3, -0.25) is 9.55 Å². The van der Waals surface area contributed by atoms with Crippen LogP contribution >= 0.6 is 0 Å². The first-order chi connectivity index (χ1) is 11.7. The van der Waals surface area contributed by atoms with Gasteiger partial charge < -0.3 is 11.1 Å². The zero-order valence-electron chi connectivity index (χ0n) is 13.0. The summed E-state index contributed by atoms with van der Waals surface area (Å²) >= 11 is 0. The van der Waals surface area contributed by atoms with Crippen molar-refractivity contribution in [3.8, 4) is 5.82 Å². The molecule has 0 aliphatic carbocycles. The van der Waals surface area contributed by atoms with Crippen LogP contribution < -0.4 is 11.1 Å². The summed E-state index contributed by atoms with van der Waals surface area (Å²) in [7, 11) is 0. The number of benzene rings is 1. The van der Waals surface area contributed by atoms with Crippen LogP contribution in [0.1, 0.15) is 5.69 Å². The number of nitrogens with one attached hydrogen (secondary N) is 1. The Balaban J connectivity index is 1.79. The van der Waals surface area contributed by atoms with E-state index in [4.69, 9.17) is 5.73 Å². The topological polar surface area (TPSA) is 94.5 Å². The summed E-state index contributed by atoms with van der Waals surface area (Å²) < 4.78 is 1.74. The van der Waals surface area contributed by atoms with Gasteiger partial charge in [0.05, 0.1) is 11.2 Å². The molecule has 24 heavy (non-hydrogen) atoms. The van der Waals surface area contributed by atoms with E-state index < -0.39 is 0 Å². The number of hydrogen-bond donors (Lipinski definition) is 2. The fourth-order valence-corrected chi connectivity index (χ4v) is 2.55. The molecule has 1 aromatic carbocycles. The van der Waals surface area contributed by atoms with E-state index in [0.29, 0.717) is 17.3 Å². The average Bonchev–Trinajstić information content (AvgIpc) is 3.11. The fourth-order valence-electron chi connectivity index (χ4n) is 2.55. The molecule has 0 unspecified atom stereocenters. The minimum Gasteiger partial charge on any atom is -0.393 e. The normalized spacial score (nSPS) is 10.9. The van der Waals surface area contributed by atoms with Gasteiger partial charge in [0.15, 0.2) is 11.6 Å². The molecule has 0 aliphatic rings. The molecule has 3 heterocycles. The maximum absolute atomic E-state index is 6.24. The predicted octanol–water partition coefficient (Wildman–Crippen LogP) is 2.84. The summed E-state index contributed by atoms with van der Waals surface area (Å²) in [5.41, 5.74) is 9.36. The zero-order chi connectivity index (χ0) is 16.5. The minimum absolute atomic E-state index is 0.445. The second kappa shape index (κ2) is 5.62. The average molecular weight is 317 g/mol. The molecule has 118 valence electrons. The number of anilines is 3. The molecule has 4 aromatic rings. The number of nitrogens with zero attached hydrogens (tertiary/aromatic N) is 5. The van der Waals surface area contributed by atoms with Crippen LogP contribution in [0.4, 0.5) is 17.2 Å². The van der Waals surface area contributed by atoms with Gasteiger partial charge in [0.2, 0.25) is 0 Å². The second-order valence-corrected chi connectivity index (χ2v) is 5.38. The first-order valence-corrected chi connectivity index (χ1v) is 7.44. The van der Waals surface area contributed by atoms with Crippen molar-refractivity contribution in [3.05, 3.63) is 61.1 Å². The SMILES string of the molecule is Cc1ccc2cccc(Nc3ncnc(-n4ccnc4)c3N)c2n1. The number of imidazole rings is 1. The van der Waals surface area contributed by atoms with Crippen molar-refractivity contribution >= 4 is 28.1 Å². The number of pyridine rings is 1. The van der Waals surface area contributed by atoms with Crippen molar-refractivity contribution in [2.24, 2.45) is 0 Å². The third-order valence-corrected chi connectivity index (χ3v) is 3.72. The maximum atomic E-state index is 6.24. The van der Waals surface area contributed by atoms with Gasteiger partial charge >= 0.3 is 0 Å². The second-order valence-electron chi connectivity index (χ2n) is 5.38. The Morgan fingerprint density at radius 3 is 2.88 bits per heavy atom. The van der Waals surface area contributed by atoms with Crippen LogP contribution in [-0.2, 0) is 0 Å². The highest BCUT2D eigenvalue weighted by atomic mass is 15.1. The van der Waals surface area contributed by atoms with E-state index in [0.717, 1.165) is 22.3 Å². The molecule has 4 rings (SSSR count). The lowest BCUT2D eigenvalue weighted by molar-refractivity contribution is 0.977. The number of para-hydroxylation sites is 1. The standard InChI is InChI=1S/C17H15N7/c1-11-5-6-12-3-2-4-13(15(12)22-11)23-16-14(18)17(21-9-20-16)24-8-7-19-10-24/h2-10H,18H2,1H3,(H,20,21,23). The van der Waals surface area contributed by atoms with E-state index in [1.807, 2.05) is 37.3 Å². The van der Waals surface area contributed by atoms with Crippen molar-refractivity contribution in [1.82, 2.24) is 24.5 Å². The van der Waals surface area contributed by atoms with Crippen LogP contribution in [0.25, 0.3) is 16.7 Å². The lowest BCUT2D eigenvalue weighted by Crippen LogP contribution is -2.07. The molecular weight excluding hydrogens is 302 g/mol. The van der Waals surface area contributed by atoms with E-state index in [2.05, 4.69) is 25.3 Å². The van der Waals surface area contributed by atoms with Gasteiger partial charge in [0.1, 0.15) is 18.3 Å². The van der Waals surface area contributed by atoms with Gasteiger partial charge in [0.25, 0.3) is 0 Å². The Labute approximate surface area is 138 Å². The molecule has 0 atom stereocenters. The zero-order valence-corrected chi connectivity index (χ0v) is 13.0. The first-order valence-electron chi connectivity index (χ1n) is 7.44. The molecule has 0 radical (unpaired) electrons. The molecular formula is C17H15N7. The van der Waals surface area contributed by atoms with Crippen LogP contribution in [0.15, 0.2) is 55.4 Å². The van der Waals surface area contributed by atoms with Gasteiger partial charge in [-0.1, -0.05) is 18.2 Å². The number of rotatable bonds is 3. The van der Waals surface area contributed by atoms with E-state index >= 15 is 0 Å². The highest BCUT2D eigenvalue weighted by Crippen LogP contribution is 2.28. The van der Waals surface area contributed by atoms with Crippen molar-refractivity contribution in [3.63, 3.8) is 0 Å². The van der Waals surface area contributed by atoms with E-state index in [9.17, 15) is 0 Å². The van der Waals surface area contributed by atoms with Crippen molar-refractivity contribution in [2.45, 2.75) is 6.92 Å². The Hall–Kier alpha value is -3.48. The van der Waals surface area contributed by atoms with Crippen LogP contribution in [0.5, 0.6) is 0 Å². The van der Waals surface area contributed by atoms with Crippen molar-refractivity contribution < 1.29 is 0 Å². The van der Waals surface area contributed by atoms with Crippen molar-refractivity contribution in [1.29, 1.82) is 0 Å². The van der Waals surface area contributed by atoms with Crippen molar-refractivity contribution in [2.75, 3.05) is 11.1 Å². The van der Waals surface area contributed by atoms with Gasteiger partial charge in [-0.25, -0.2) is 15.0 Å². The summed E-state index contributed by atoms with van der Waals surface area (Å²) in [6, 6.07) is 9.97. The number of aryl methyl sites for hydroxylation is 1. The van der Waals surface area contributed by atoms with E-state index in [-0.39, 0.29) is 0 Å². The molecule has 0 saturated heterocycles. The van der Waals surface area contributed by atoms with Gasteiger partial charge in [-0.05, 0) is 19.1 Å². The third kappa shape index (κ3) is 2.41. The lowest BCUT2D eigenvalue weighted by atomic mass is 10.1. The van der Waals surface area contributed by atoms with Crippen LogP contribution in [-0.4, -0.2) is 24.5 Å². The van der Waals surface area contributed by atoms with Crippen LogP contribution in [0.3, 0.4) is 0 Å². The van der Waals surface area contributed by atoms with Gasteiger partial charge in [-0.15, -0.1) is 0 Å². The molecule has 0 bridgehead atoms. The molecule has 0 fully saturated rings. The van der Waals surface area contributed by atoms with Crippen LogP contribution in [0, 0.1) is 6.92 Å². The number of nitrogens with two attached hydrogens (primary N) is 1. The Kier molecular flexibility index (Phi) is 3.31. The predicted molar refractivity (Wildman–Crippen MR) is 93.3 cm³/mol. The molecule has 7 nitrogen and oxygen atoms in total. The molecule has 0 saturated carbocycles. The Bertz CT molecular complexity index is 1010. The van der Waals surface area contributed by atoms with E-state index in [1.54, 1.807) is 23.3 Å². The minimum atomic E-state index is 0.445. The molecule has 3 aromatic heterocycles. The van der Waals surface area contributed by atoms with Gasteiger partial charge in [0, 0.05) is 23.5 Å². The highest BCUT2D eigenvalue weighted by molar-refractivity contribution is 5.93. The number of aromatic nitrogens is 5. The monoisotopic (exact) mass is 317 g/mol. The summed E-state index contributed by atoms with van der Waals surface area (Å²) in [6.07, 6.45) is 6.57. The number of nitrogen functional groups attached to an aromatic ring is 1. The molecule has 0 amide bonds. The summed E-state index contributed by atoms with van der Waals surface area (Å²) in [6.45, 7) is 1.96. The fraction of sp³-hybridized carbons (Fsp3) is 0.0588. The largest absolute Gasteiger partial charge is 0.393 e. The van der Waals surface area contributed by atoms with E-state index in [1.165, 1.54) is 6.33 Å². The molecule has 0 spiro atoms. The quantitative estimate of drug-likeness (QED) is 0.603. The van der Waals surface area contributed by atoms with Gasteiger partial charge in [-0.2, -0.15) is 0 Å². The molecule has 0 aliphatic heterocycles.